The zero-order chi connectivity index (χ0) is 28.6. The number of carbonyl (C=O) groups is 4. The number of nitrogens with two attached hydrogens (primary N) is 2. The second kappa shape index (κ2) is 10.9. The number of aliphatic carboxylic acids is 1. The third-order valence-corrected chi connectivity index (χ3v) is 7.93. The molecule has 8 N–H and O–H groups in total. The van der Waals surface area contributed by atoms with Gasteiger partial charge in [0.25, 0.3) is 17.7 Å². The average molecular weight is 589 g/mol. The standard InChI is InChI=1S/C21H21N11O6S2/c22-3-4-24-16(33)10-1-2-11-30(5-6-31(11)27-10)7-9-8-39-19-13(18(35)32(19)14(9)20(36)37)25-17(34)12(28-38)15-26-21(23)40-29-15/h1-2,5-6,13,19H,3-4,7-8,22H2,(H5-,23,24,25,26,29,33,34,36,37,38)/p+1/t13-,19-/m1/s1. The van der Waals surface area contributed by atoms with Crippen molar-refractivity contribution < 1.29 is 34.1 Å². The first-order chi connectivity index (χ1) is 19.2. The molecule has 5 rings (SSSR count). The Morgan fingerprint density at radius 3 is 2.77 bits per heavy atom. The molecule has 1 fully saturated rings. The summed E-state index contributed by atoms with van der Waals surface area (Å²) in [5, 5.41) is 31.0. The Morgan fingerprint density at radius 2 is 2.10 bits per heavy atom. The molecule has 0 unspecified atom stereocenters. The SMILES string of the molecule is NCCNC(=O)c1ccc2n(cc[n+]2CC2=C(C(=O)O)N3C(=O)[C@@H](NC(=O)/C(=N/O)c4nsc(N)n4)[C@H]3SC2)n1. The van der Waals surface area contributed by atoms with Crippen LogP contribution in [0.15, 0.2) is 41.0 Å². The molecule has 40 heavy (non-hydrogen) atoms. The first-order valence-electron chi connectivity index (χ1n) is 11.6. The smallest absolute Gasteiger partial charge is 0.352 e. The number of anilines is 1. The van der Waals surface area contributed by atoms with E-state index < -0.39 is 34.9 Å². The van der Waals surface area contributed by atoms with Crippen LogP contribution in [-0.4, -0.2) is 93.8 Å². The Kier molecular flexibility index (Phi) is 7.32. The highest BCUT2D eigenvalue weighted by Crippen LogP contribution is 2.40. The molecule has 0 aliphatic carbocycles. The van der Waals surface area contributed by atoms with Crippen molar-refractivity contribution >= 4 is 63.5 Å². The van der Waals surface area contributed by atoms with Crippen LogP contribution in [0.5, 0.6) is 0 Å². The number of carbonyl (C=O) groups excluding carboxylic acids is 3. The molecule has 0 spiro atoms. The van der Waals surface area contributed by atoms with Crippen molar-refractivity contribution in [1.29, 1.82) is 0 Å². The van der Waals surface area contributed by atoms with Crippen LogP contribution >= 0.6 is 23.3 Å². The molecule has 0 saturated carbocycles. The van der Waals surface area contributed by atoms with E-state index in [1.807, 2.05) is 0 Å². The van der Waals surface area contributed by atoms with Crippen LogP contribution in [-0.2, 0) is 20.9 Å². The van der Waals surface area contributed by atoms with Crippen LogP contribution in [0.4, 0.5) is 5.13 Å². The Bertz CT molecular complexity index is 1600. The maximum absolute atomic E-state index is 13.0. The van der Waals surface area contributed by atoms with Crippen molar-refractivity contribution in [3.8, 4) is 0 Å². The molecular weight excluding hydrogens is 566 g/mol. The molecule has 0 aromatic carbocycles. The lowest BCUT2D eigenvalue weighted by Crippen LogP contribution is -2.71. The largest absolute Gasteiger partial charge is 0.477 e. The second-order valence-electron chi connectivity index (χ2n) is 8.52. The summed E-state index contributed by atoms with van der Waals surface area (Å²) < 4.78 is 7.05. The quantitative estimate of drug-likeness (QED) is 0.0494. The summed E-state index contributed by atoms with van der Waals surface area (Å²) in [6, 6.07) is 2.16. The molecule has 3 aromatic rings. The van der Waals surface area contributed by atoms with Gasteiger partial charge in [-0.1, -0.05) is 10.3 Å². The minimum atomic E-state index is -1.29. The normalized spacial score (nSPS) is 18.9. The molecule has 3 amide bonds. The van der Waals surface area contributed by atoms with Gasteiger partial charge in [-0.3, -0.25) is 19.3 Å². The number of thioether (sulfide) groups is 1. The minimum Gasteiger partial charge on any atom is -0.477 e. The fourth-order valence-corrected chi connectivity index (χ4v) is 6.03. The van der Waals surface area contributed by atoms with Gasteiger partial charge >= 0.3 is 11.6 Å². The third kappa shape index (κ3) is 4.80. The van der Waals surface area contributed by atoms with Crippen molar-refractivity contribution in [2.24, 2.45) is 10.9 Å². The van der Waals surface area contributed by atoms with Crippen LogP contribution in [0.25, 0.3) is 5.65 Å². The van der Waals surface area contributed by atoms with Gasteiger partial charge in [0.15, 0.2) is 17.0 Å². The zero-order valence-electron chi connectivity index (χ0n) is 20.4. The molecule has 0 bridgehead atoms. The summed E-state index contributed by atoms with van der Waals surface area (Å²) in [7, 11) is 0. The Hall–Kier alpha value is -4.62. The summed E-state index contributed by atoms with van der Waals surface area (Å²) in [6.07, 6.45) is 3.31. The van der Waals surface area contributed by atoms with Crippen LogP contribution < -0.4 is 26.7 Å². The number of nitrogens with zero attached hydrogens (tertiary/aromatic N) is 7. The summed E-state index contributed by atoms with van der Waals surface area (Å²) in [5.74, 6) is -3.16. The lowest BCUT2D eigenvalue weighted by molar-refractivity contribution is -0.662. The number of aromatic nitrogens is 5. The van der Waals surface area contributed by atoms with Crippen LogP contribution in [0.1, 0.15) is 16.3 Å². The van der Waals surface area contributed by atoms with Crippen molar-refractivity contribution in [3.63, 3.8) is 0 Å². The van der Waals surface area contributed by atoms with E-state index >= 15 is 0 Å². The molecule has 3 aromatic heterocycles. The number of rotatable bonds is 9. The van der Waals surface area contributed by atoms with E-state index in [1.165, 1.54) is 16.3 Å². The molecule has 208 valence electrons. The number of oxime groups is 1. The Morgan fingerprint density at radius 1 is 1.30 bits per heavy atom. The molecule has 1 saturated heterocycles. The van der Waals surface area contributed by atoms with Gasteiger partial charge in [0.05, 0.1) is 0 Å². The minimum absolute atomic E-state index is 0.0551. The van der Waals surface area contributed by atoms with E-state index in [0.29, 0.717) is 24.3 Å². The van der Waals surface area contributed by atoms with Crippen molar-refractivity contribution in [1.82, 2.24) is 34.5 Å². The number of carboxylic acid groups (broad SMARTS) is 1. The van der Waals surface area contributed by atoms with Gasteiger partial charge < -0.3 is 32.4 Å². The molecule has 2 atom stereocenters. The van der Waals surface area contributed by atoms with Gasteiger partial charge in [-0.05, 0) is 6.07 Å². The van der Waals surface area contributed by atoms with Gasteiger partial charge in [-0.25, -0.2) is 9.36 Å². The number of β-lactam (4-membered cyclic amide) rings is 1. The fourth-order valence-electron chi connectivity index (χ4n) is 4.26. The zero-order valence-corrected chi connectivity index (χ0v) is 22.1. The van der Waals surface area contributed by atoms with Gasteiger partial charge in [0.2, 0.25) is 11.5 Å². The topological polar surface area (TPSA) is 247 Å². The molecule has 2 aliphatic heterocycles. The fraction of sp³-hybridized carbons (Fsp3) is 0.286. The lowest BCUT2D eigenvalue weighted by atomic mass is 10.0. The first-order valence-corrected chi connectivity index (χ1v) is 13.4. The summed E-state index contributed by atoms with van der Waals surface area (Å²) in [5.41, 5.74) is 11.5. The van der Waals surface area contributed by atoms with Crippen LogP contribution in [0, 0.1) is 0 Å². The van der Waals surface area contributed by atoms with Gasteiger partial charge in [-0.15, -0.1) is 16.3 Å². The number of nitrogens with one attached hydrogen (secondary N) is 2. The number of nitrogen functional groups attached to an aromatic ring is 1. The van der Waals surface area contributed by atoms with E-state index in [9.17, 15) is 29.5 Å². The van der Waals surface area contributed by atoms with Gasteiger partial charge in [0.1, 0.15) is 29.9 Å². The highest BCUT2D eigenvalue weighted by molar-refractivity contribution is 8.00. The van der Waals surface area contributed by atoms with Crippen molar-refractivity contribution in [2.75, 3.05) is 24.6 Å². The molecule has 19 heteroatoms. The number of imidazole rings is 1. The molecule has 17 nitrogen and oxygen atoms in total. The number of hydrogen-bond donors (Lipinski definition) is 6. The maximum atomic E-state index is 13.0. The monoisotopic (exact) mass is 588 g/mol. The molecule has 5 heterocycles. The molecule has 2 aliphatic rings. The van der Waals surface area contributed by atoms with Gasteiger partial charge in [0, 0.05) is 42.0 Å². The summed E-state index contributed by atoms with van der Waals surface area (Å²) in [4.78, 5) is 55.1. The van der Waals surface area contributed by atoms with E-state index in [-0.39, 0.29) is 40.6 Å². The van der Waals surface area contributed by atoms with Crippen LogP contribution in [0.3, 0.4) is 0 Å². The van der Waals surface area contributed by atoms with E-state index in [1.54, 1.807) is 29.1 Å². The Labute approximate surface area is 232 Å². The summed E-state index contributed by atoms with van der Waals surface area (Å²) in [6.45, 7) is 0.738. The molecule has 0 radical (unpaired) electrons. The highest BCUT2D eigenvalue weighted by atomic mass is 32.2. The number of hydrogen-bond acceptors (Lipinski definition) is 13. The lowest BCUT2D eigenvalue weighted by Gasteiger charge is -2.49. The Balaban J connectivity index is 1.34. The maximum Gasteiger partial charge on any atom is 0.352 e. The predicted molar refractivity (Wildman–Crippen MR) is 139 cm³/mol. The number of amides is 3. The average Bonchev–Trinajstić information content (AvgIpc) is 3.55. The highest BCUT2D eigenvalue weighted by Gasteiger charge is 2.54. The van der Waals surface area contributed by atoms with E-state index in [0.717, 1.165) is 16.4 Å². The molecular formula is C21H22N11O6S2+. The predicted octanol–water partition coefficient (Wildman–Crippen LogP) is -2.64. The second-order valence-corrected chi connectivity index (χ2v) is 10.4. The van der Waals surface area contributed by atoms with E-state index in [2.05, 4.69) is 30.2 Å². The van der Waals surface area contributed by atoms with Crippen LogP contribution in [0.2, 0.25) is 0 Å². The third-order valence-electron chi connectivity index (χ3n) is 6.05. The van der Waals surface area contributed by atoms with Crippen molar-refractivity contribution in [2.45, 2.75) is 18.0 Å². The van der Waals surface area contributed by atoms with Crippen molar-refractivity contribution in [3.05, 3.63) is 47.3 Å². The van der Waals surface area contributed by atoms with Gasteiger partial charge in [-0.2, -0.15) is 9.36 Å². The first kappa shape index (κ1) is 27.0. The number of carboxylic acids is 1. The summed E-state index contributed by atoms with van der Waals surface area (Å²) >= 11 is 2.07. The van der Waals surface area contributed by atoms with E-state index in [4.69, 9.17) is 11.5 Å². The number of fused-ring (bicyclic) bond motifs is 2.